The third-order valence-electron chi connectivity index (χ3n) is 7.25. The van der Waals surface area contributed by atoms with E-state index in [-0.39, 0.29) is 6.10 Å². The number of rotatable bonds is 3. The monoisotopic (exact) mass is 423 g/mol. The summed E-state index contributed by atoms with van der Waals surface area (Å²) < 4.78 is 17.9. The molecule has 2 unspecified atom stereocenters. The molecule has 3 aliphatic rings. The molecule has 0 bridgehead atoms. The summed E-state index contributed by atoms with van der Waals surface area (Å²) in [6.45, 7) is 0. The molecule has 1 aliphatic heterocycles. The molecule has 32 heavy (non-hydrogen) atoms. The van der Waals surface area contributed by atoms with Gasteiger partial charge in [0, 0.05) is 0 Å². The molecule has 0 saturated heterocycles. The molecule has 3 heteroatoms. The summed E-state index contributed by atoms with van der Waals surface area (Å²) >= 11 is 0. The van der Waals surface area contributed by atoms with E-state index >= 15 is 0 Å². The fourth-order valence-electron chi connectivity index (χ4n) is 5.73. The van der Waals surface area contributed by atoms with Crippen molar-refractivity contribution in [2.45, 2.75) is 31.8 Å². The maximum atomic E-state index is 6.92. The Bertz CT molecular complexity index is 1250. The van der Waals surface area contributed by atoms with Crippen LogP contribution in [-0.2, 0) is 12.8 Å². The minimum atomic E-state index is 0.0201. The first-order valence-electron chi connectivity index (χ1n) is 11.4. The number of ketones is 1. The van der Waals surface area contributed by atoms with Crippen LogP contribution in [0.1, 0.15) is 51.2 Å². The van der Waals surface area contributed by atoms with Gasteiger partial charge in [0.1, 0.15) is 11.5 Å². The molecule has 0 spiro atoms. The van der Waals surface area contributed by atoms with Crippen molar-refractivity contribution in [3.05, 3.63) is 100 Å². The summed E-state index contributed by atoms with van der Waals surface area (Å²) in [7, 11) is 3.46. The Morgan fingerprint density at radius 1 is 0.781 bits per heavy atom. The number of aryl methyl sites for hydroxylation is 2. The van der Waals surface area contributed by atoms with Crippen LogP contribution >= 0.6 is 0 Å². The first-order chi connectivity index (χ1) is 15.8. The van der Waals surface area contributed by atoms with E-state index in [2.05, 4.69) is 60.7 Å². The third kappa shape index (κ3) is 2.99. The van der Waals surface area contributed by atoms with E-state index in [0.29, 0.717) is 5.92 Å². The minimum Gasteiger partial charge on any atom is -0.497 e. The summed E-state index contributed by atoms with van der Waals surface area (Å²) in [5, 5.41) is 0. The molecule has 160 valence electrons. The number of benzene rings is 3. The van der Waals surface area contributed by atoms with Crippen LogP contribution in [0, 0.1) is 5.92 Å². The van der Waals surface area contributed by atoms with Gasteiger partial charge in [-0.25, -0.2) is 4.42 Å². The normalized spacial score (nSPS) is 21.0. The van der Waals surface area contributed by atoms with Gasteiger partial charge in [0.15, 0.2) is 0 Å². The van der Waals surface area contributed by atoms with E-state index in [4.69, 9.17) is 13.9 Å². The number of hydrogen-bond acceptors (Lipinski definition) is 2. The summed E-state index contributed by atoms with van der Waals surface area (Å²) in [6, 6.07) is 23.7. The Morgan fingerprint density at radius 3 is 2.31 bits per heavy atom. The number of methoxy groups -OCH3 is 2. The fraction of sp³-hybridized carbons (Fsp3) is 0.276. The zero-order chi connectivity index (χ0) is 21.7. The fourth-order valence-corrected chi connectivity index (χ4v) is 5.73. The molecule has 0 amide bonds. The van der Waals surface area contributed by atoms with Gasteiger partial charge in [0.05, 0.1) is 36.8 Å². The van der Waals surface area contributed by atoms with Crippen molar-refractivity contribution in [2.24, 2.45) is 5.92 Å². The smallest absolute Gasteiger partial charge is 0.355 e. The molecule has 0 aromatic heterocycles. The number of allylic oxidation sites excluding steroid dienone is 1. The molecule has 3 nitrogen and oxygen atoms in total. The molecule has 2 atom stereocenters. The van der Waals surface area contributed by atoms with Crippen molar-refractivity contribution < 1.29 is 13.9 Å². The van der Waals surface area contributed by atoms with Crippen LogP contribution in [0.15, 0.2) is 72.3 Å². The molecule has 1 heterocycles. The molecule has 0 N–H and O–H groups in total. The lowest BCUT2D eigenvalue weighted by Crippen LogP contribution is -2.31. The van der Waals surface area contributed by atoms with E-state index in [1.54, 1.807) is 14.2 Å². The Morgan fingerprint density at radius 2 is 1.53 bits per heavy atom. The molecule has 0 fully saturated rings. The van der Waals surface area contributed by atoms with Gasteiger partial charge in [0.2, 0.25) is 0 Å². The van der Waals surface area contributed by atoms with E-state index < -0.39 is 0 Å². The van der Waals surface area contributed by atoms with E-state index in [0.717, 1.165) is 43.0 Å². The maximum Gasteiger partial charge on any atom is 0.355 e. The first kappa shape index (κ1) is 19.4. The van der Waals surface area contributed by atoms with Gasteiger partial charge in [0.25, 0.3) is 0 Å². The highest BCUT2D eigenvalue weighted by molar-refractivity contribution is 6.16. The number of ether oxygens (including phenoxy) is 2. The second kappa shape index (κ2) is 7.67. The Kier molecular flexibility index (Phi) is 4.64. The number of fused-ring (bicyclic) bond motifs is 6. The number of carbonyl (C=O) groups excluding carboxylic acids is 1. The largest absolute Gasteiger partial charge is 0.497 e. The van der Waals surface area contributed by atoms with Gasteiger partial charge in [-0.05, 0) is 84.3 Å². The van der Waals surface area contributed by atoms with E-state index in [1.165, 1.54) is 39.0 Å². The van der Waals surface area contributed by atoms with E-state index in [1.807, 2.05) is 6.07 Å². The molecule has 3 aromatic carbocycles. The summed E-state index contributed by atoms with van der Waals surface area (Å²) in [4.78, 5) is 0. The van der Waals surface area contributed by atoms with Crippen LogP contribution in [-0.4, -0.2) is 20.0 Å². The minimum absolute atomic E-state index is 0.0201. The zero-order valence-electron chi connectivity index (χ0n) is 18.6. The third-order valence-corrected chi connectivity index (χ3v) is 7.25. The lowest BCUT2D eigenvalue weighted by Gasteiger charge is -2.33. The average Bonchev–Trinajstić information content (AvgIpc) is 2.86. The van der Waals surface area contributed by atoms with Crippen LogP contribution < -0.4 is 9.47 Å². The molecular formula is C29H27O3+. The lowest BCUT2D eigenvalue weighted by atomic mass is 9.70. The van der Waals surface area contributed by atoms with Crippen LogP contribution in [0.4, 0.5) is 0 Å². The standard InChI is InChI=1S/C29H27O3/c1-30-21-10-14-23-19(16-21)8-12-25-27(18-6-4-3-5-7-18)26-13-9-20-17-22(31-2)11-15-24(20)29(26)32-28(23)25/h3-7,10-11,14-17,25,28H,8-9,12-13H2,1-2H3/q+1. The van der Waals surface area contributed by atoms with Crippen LogP contribution in [0.3, 0.4) is 0 Å². The molecule has 0 radical (unpaired) electrons. The zero-order valence-corrected chi connectivity index (χ0v) is 18.6. The topological polar surface area (TPSA) is 29.8 Å². The first-order valence-corrected chi connectivity index (χ1v) is 11.4. The van der Waals surface area contributed by atoms with Gasteiger partial charge < -0.3 is 9.47 Å². The molecule has 0 saturated carbocycles. The van der Waals surface area contributed by atoms with E-state index in [9.17, 15) is 0 Å². The second-order valence-corrected chi connectivity index (χ2v) is 8.86. The predicted molar refractivity (Wildman–Crippen MR) is 127 cm³/mol. The van der Waals surface area contributed by atoms with Crippen molar-refractivity contribution >= 4 is 11.4 Å². The van der Waals surface area contributed by atoms with Gasteiger partial charge in [-0.1, -0.05) is 30.3 Å². The Balaban J connectivity index is 1.57. The Labute approximate surface area is 189 Å². The van der Waals surface area contributed by atoms with Crippen molar-refractivity contribution in [1.29, 1.82) is 0 Å². The van der Waals surface area contributed by atoms with Crippen LogP contribution in [0.2, 0.25) is 0 Å². The van der Waals surface area contributed by atoms with Crippen LogP contribution in [0.25, 0.3) is 5.57 Å². The van der Waals surface area contributed by atoms with Crippen molar-refractivity contribution in [3.63, 3.8) is 0 Å². The van der Waals surface area contributed by atoms with Gasteiger partial charge in [-0.2, -0.15) is 0 Å². The second-order valence-electron chi connectivity index (χ2n) is 8.86. The molecule has 6 rings (SSSR count). The average molecular weight is 424 g/mol. The quantitative estimate of drug-likeness (QED) is 0.474. The highest BCUT2D eigenvalue weighted by Crippen LogP contribution is 2.51. The highest BCUT2D eigenvalue weighted by Gasteiger charge is 2.48. The number of hydrogen-bond donors (Lipinski definition) is 0. The van der Waals surface area contributed by atoms with Gasteiger partial charge >= 0.3 is 11.9 Å². The van der Waals surface area contributed by atoms with Crippen LogP contribution in [0.5, 0.6) is 11.5 Å². The van der Waals surface area contributed by atoms with Crippen molar-refractivity contribution in [3.8, 4) is 11.5 Å². The highest BCUT2D eigenvalue weighted by atomic mass is 16.5. The summed E-state index contributed by atoms with van der Waals surface area (Å²) in [5.74, 6) is 3.23. The predicted octanol–water partition coefficient (Wildman–Crippen LogP) is 6.14. The molecular weight excluding hydrogens is 396 g/mol. The van der Waals surface area contributed by atoms with Crippen molar-refractivity contribution in [2.75, 3.05) is 14.2 Å². The summed E-state index contributed by atoms with van der Waals surface area (Å²) in [5.41, 5.74) is 9.33. The van der Waals surface area contributed by atoms with Crippen molar-refractivity contribution in [1.82, 2.24) is 0 Å². The summed E-state index contributed by atoms with van der Waals surface area (Å²) in [6.07, 6.45) is 4.16. The SMILES string of the molecule is COc1ccc2c(c1)CCC1=C(c3ccccc3)C3CCc4cc(OC)ccc4C3[O+]=C12. The molecule has 3 aromatic rings. The van der Waals surface area contributed by atoms with Gasteiger partial charge in [-0.15, -0.1) is 0 Å². The van der Waals surface area contributed by atoms with Gasteiger partial charge in [-0.3, -0.25) is 0 Å². The Hall–Kier alpha value is -3.33. The lowest BCUT2D eigenvalue weighted by molar-refractivity contribution is -0.348. The maximum absolute atomic E-state index is 6.92. The molecule has 2 aliphatic carbocycles.